The number of aromatic nitrogens is 5. The Bertz CT molecular complexity index is 989. The molecule has 7 heteroatoms. The molecule has 3 aromatic heterocycles. The fraction of sp³-hybridized carbons (Fsp3) is 0.125. The number of hydrogen-bond acceptors (Lipinski definition) is 6. The number of thiophene rings is 1. The number of nitrogens with zero attached hydrogens (tertiary/aromatic N) is 5. The van der Waals surface area contributed by atoms with E-state index in [2.05, 4.69) is 43.8 Å². The van der Waals surface area contributed by atoms with Crippen molar-refractivity contribution in [3.63, 3.8) is 0 Å². The predicted molar refractivity (Wildman–Crippen MR) is 92.4 cm³/mol. The van der Waals surface area contributed by atoms with Gasteiger partial charge in [-0.25, -0.2) is 9.97 Å². The second-order valence-corrected chi connectivity index (χ2v) is 6.92. The van der Waals surface area contributed by atoms with Crippen LogP contribution in [0.1, 0.15) is 11.4 Å². The van der Waals surface area contributed by atoms with Gasteiger partial charge in [-0.3, -0.25) is 4.57 Å². The molecule has 0 saturated carbocycles. The predicted octanol–water partition coefficient (Wildman–Crippen LogP) is 4.04. The van der Waals surface area contributed by atoms with E-state index in [0.717, 1.165) is 31.9 Å². The van der Waals surface area contributed by atoms with Crippen LogP contribution >= 0.6 is 23.1 Å². The van der Waals surface area contributed by atoms with Gasteiger partial charge < -0.3 is 0 Å². The van der Waals surface area contributed by atoms with E-state index in [1.807, 2.05) is 30.5 Å². The Kier molecular flexibility index (Phi) is 3.59. The molecule has 4 aromatic rings. The Morgan fingerprint density at radius 1 is 1.04 bits per heavy atom. The van der Waals surface area contributed by atoms with Crippen molar-refractivity contribution in [3.8, 4) is 5.69 Å². The van der Waals surface area contributed by atoms with Gasteiger partial charge in [0.25, 0.3) is 0 Å². The molecule has 3 heterocycles. The van der Waals surface area contributed by atoms with Gasteiger partial charge in [-0.15, -0.1) is 21.5 Å². The quantitative estimate of drug-likeness (QED) is 0.527. The second-order valence-electron chi connectivity index (χ2n) is 5.07. The van der Waals surface area contributed by atoms with E-state index >= 15 is 0 Å². The molecule has 0 N–H and O–H groups in total. The molecule has 5 nitrogen and oxygen atoms in total. The Morgan fingerprint density at radius 3 is 2.78 bits per heavy atom. The molecule has 0 atom stereocenters. The van der Waals surface area contributed by atoms with Crippen LogP contribution in [0.3, 0.4) is 0 Å². The van der Waals surface area contributed by atoms with Crippen LogP contribution in [0.25, 0.3) is 15.9 Å². The summed E-state index contributed by atoms with van der Waals surface area (Å²) in [5, 5.41) is 13.4. The number of para-hydroxylation sites is 1. The zero-order valence-electron chi connectivity index (χ0n) is 12.6. The maximum atomic E-state index is 4.42. The van der Waals surface area contributed by atoms with E-state index in [1.165, 1.54) is 17.3 Å². The minimum Gasteiger partial charge on any atom is -0.274 e. The maximum Gasteiger partial charge on any atom is 0.202 e. The molecule has 114 valence electrons. The lowest BCUT2D eigenvalue weighted by atomic mass is 10.2. The zero-order chi connectivity index (χ0) is 15.8. The molecule has 0 radical (unpaired) electrons. The molecule has 0 amide bonds. The first-order valence-corrected chi connectivity index (χ1v) is 8.78. The maximum absolute atomic E-state index is 4.42. The summed E-state index contributed by atoms with van der Waals surface area (Å²) in [5.74, 6) is 0.859. The van der Waals surface area contributed by atoms with Gasteiger partial charge in [-0.2, -0.15) is 0 Å². The van der Waals surface area contributed by atoms with E-state index < -0.39 is 0 Å². The van der Waals surface area contributed by atoms with Crippen molar-refractivity contribution in [1.82, 2.24) is 24.7 Å². The molecule has 0 aliphatic heterocycles. The molecule has 23 heavy (non-hydrogen) atoms. The van der Waals surface area contributed by atoms with Gasteiger partial charge in [0.1, 0.15) is 22.0 Å². The summed E-state index contributed by atoms with van der Waals surface area (Å²) in [4.78, 5) is 9.70. The zero-order valence-corrected chi connectivity index (χ0v) is 14.2. The lowest BCUT2D eigenvalue weighted by Gasteiger charge is -2.10. The fourth-order valence-corrected chi connectivity index (χ4v) is 4.18. The largest absolute Gasteiger partial charge is 0.274 e. The first kappa shape index (κ1) is 14.3. The highest BCUT2D eigenvalue weighted by atomic mass is 32.2. The van der Waals surface area contributed by atoms with E-state index in [0.29, 0.717) is 0 Å². The highest BCUT2D eigenvalue weighted by Crippen LogP contribution is 2.33. The molecule has 0 bridgehead atoms. The van der Waals surface area contributed by atoms with E-state index in [4.69, 9.17) is 0 Å². The van der Waals surface area contributed by atoms with Crippen LogP contribution in [0, 0.1) is 13.8 Å². The van der Waals surface area contributed by atoms with Crippen molar-refractivity contribution >= 4 is 33.3 Å². The van der Waals surface area contributed by atoms with Crippen LogP contribution in [0.5, 0.6) is 0 Å². The lowest BCUT2D eigenvalue weighted by molar-refractivity contribution is 0.860. The molecule has 0 fully saturated rings. The van der Waals surface area contributed by atoms with Crippen LogP contribution in [-0.2, 0) is 0 Å². The molecule has 4 rings (SSSR count). The molecule has 0 saturated heterocycles. The SMILES string of the molecule is Cc1ccccc1-n1c(C)nnc1Sc1ncnc2sccc12. The van der Waals surface area contributed by atoms with E-state index in [-0.39, 0.29) is 0 Å². The minimum absolute atomic E-state index is 0.808. The summed E-state index contributed by atoms with van der Waals surface area (Å²) in [7, 11) is 0. The van der Waals surface area contributed by atoms with Gasteiger partial charge >= 0.3 is 0 Å². The van der Waals surface area contributed by atoms with Crippen LogP contribution in [-0.4, -0.2) is 24.7 Å². The summed E-state index contributed by atoms with van der Waals surface area (Å²) in [6.07, 6.45) is 1.60. The molecule has 1 aromatic carbocycles. The van der Waals surface area contributed by atoms with Gasteiger partial charge in [0.15, 0.2) is 0 Å². The fourth-order valence-electron chi connectivity index (χ4n) is 2.44. The summed E-state index contributed by atoms with van der Waals surface area (Å²) in [6, 6.07) is 10.3. The monoisotopic (exact) mass is 339 g/mol. The molecule has 0 aliphatic carbocycles. The van der Waals surface area contributed by atoms with Crippen LogP contribution in [0.15, 0.2) is 52.2 Å². The number of benzene rings is 1. The van der Waals surface area contributed by atoms with E-state index in [1.54, 1.807) is 17.7 Å². The summed E-state index contributed by atoms with van der Waals surface area (Å²) >= 11 is 3.13. The topological polar surface area (TPSA) is 56.5 Å². The molecular formula is C16H13N5S2. The summed E-state index contributed by atoms with van der Waals surface area (Å²) in [5.41, 5.74) is 2.27. The lowest BCUT2D eigenvalue weighted by Crippen LogP contribution is -2.01. The third-order valence-electron chi connectivity index (χ3n) is 3.56. The van der Waals surface area contributed by atoms with Gasteiger partial charge in [-0.05, 0) is 48.7 Å². The van der Waals surface area contributed by atoms with Gasteiger partial charge in [0, 0.05) is 5.39 Å². The van der Waals surface area contributed by atoms with Crippen molar-refractivity contribution < 1.29 is 0 Å². The van der Waals surface area contributed by atoms with Crippen LogP contribution in [0.2, 0.25) is 0 Å². The van der Waals surface area contributed by atoms with E-state index in [9.17, 15) is 0 Å². The van der Waals surface area contributed by atoms with Crippen molar-refractivity contribution in [2.24, 2.45) is 0 Å². The first-order valence-electron chi connectivity index (χ1n) is 7.08. The van der Waals surface area contributed by atoms with Gasteiger partial charge in [0.2, 0.25) is 5.16 Å². The second kappa shape index (κ2) is 5.75. The molecule has 0 spiro atoms. The standard InChI is InChI=1S/C16H13N5S2/c1-10-5-3-4-6-13(10)21-11(2)19-20-16(21)23-15-12-7-8-22-14(12)17-9-18-15/h3-9H,1-2H3. The average molecular weight is 339 g/mol. The van der Waals surface area contributed by atoms with Gasteiger partial charge in [0.05, 0.1) is 5.69 Å². The Morgan fingerprint density at radius 2 is 1.91 bits per heavy atom. The highest BCUT2D eigenvalue weighted by Gasteiger charge is 2.16. The third kappa shape index (κ3) is 2.51. The number of aryl methyl sites for hydroxylation is 2. The number of fused-ring (bicyclic) bond motifs is 1. The Labute approximate surface area is 141 Å². The molecule has 0 unspecified atom stereocenters. The minimum atomic E-state index is 0.808. The van der Waals surface area contributed by atoms with Crippen molar-refractivity contribution in [1.29, 1.82) is 0 Å². The smallest absolute Gasteiger partial charge is 0.202 e. The van der Waals surface area contributed by atoms with Crippen molar-refractivity contribution in [2.45, 2.75) is 24.0 Å². The van der Waals surface area contributed by atoms with Crippen LogP contribution in [0.4, 0.5) is 0 Å². The Balaban J connectivity index is 1.82. The normalized spacial score (nSPS) is 11.2. The molecular weight excluding hydrogens is 326 g/mol. The van der Waals surface area contributed by atoms with Crippen molar-refractivity contribution in [3.05, 3.63) is 53.4 Å². The molecule has 0 aliphatic rings. The number of rotatable bonds is 3. The Hall–Kier alpha value is -2.25. The van der Waals surface area contributed by atoms with Gasteiger partial charge in [-0.1, -0.05) is 18.2 Å². The van der Waals surface area contributed by atoms with Crippen LogP contribution < -0.4 is 0 Å². The highest BCUT2D eigenvalue weighted by molar-refractivity contribution is 7.99. The average Bonchev–Trinajstić information content (AvgIpc) is 3.16. The summed E-state index contributed by atoms with van der Waals surface area (Å²) in [6.45, 7) is 4.05. The number of hydrogen-bond donors (Lipinski definition) is 0. The summed E-state index contributed by atoms with van der Waals surface area (Å²) < 4.78 is 2.07. The first-order chi connectivity index (χ1) is 11.2. The van der Waals surface area contributed by atoms with Crippen molar-refractivity contribution in [2.75, 3.05) is 0 Å². The third-order valence-corrected chi connectivity index (χ3v) is 5.35.